The van der Waals surface area contributed by atoms with Crippen LogP contribution in [0, 0.1) is 0 Å². The van der Waals surface area contributed by atoms with Crippen LogP contribution in [0.3, 0.4) is 0 Å². The normalized spacial score (nSPS) is 12.3. The number of aromatic carboxylic acids is 1. The van der Waals surface area contributed by atoms with E-state index in [-0.39, 0.29) is 17.8 Å². The van der Waals surface area contributed by atoms with Gasteiger partial charge in [0.2, 0.25) is 11.7 Å². The lowest BCUT2D eigenvalue weighted by atomic mass is 10.2. The monoisotopic (exact) mass is 276 g/mol. The largest absolute Gasteiger partial charge is 0.475 e. The number of fused-ring (bicyclic) bond motifs is 1. The molecule has 20 heavy (non-hydrogen) atoms. The second kappa shape index (κ2) is 6.29. The van der Waals surface area contributed by atoms with Crippen LogP contribution in [0.5, 0.6) is 5.88 Å². The Morgan fingerprint density at radius 2 is 2.10 bits per heavy atom. The first kappa shape index (κ1) is 14.2. The van der Waals surface area contributed by atoms with E-state index in [1.807, 2.05) is 19.9 Å². The van der Waals surface area contributed by atoms with Crippen molar-refractivity contribution in [2.24, 2.45) is 0 Å². The predicted octanol–water partition coefficient (Wildman–Crippen LogP) is 2.13. The van der Waals surface area contributed by atoms with Crippen molar-refractivity contribution < 1.29 is 19.4 Å². The Balaban J connectivity index is 2.37. The van der Waals surface area contributed by atoms with Crippen LogP contribution in [0.4, 0.5) is 0 Å². The van der Waals surface area contributed by atoms with Gasteiger partial charge in [-0.3, -0.25) is 0 Å². The van der Waals surface area contributed by atoms with E-state index in [0.717, 1.165) is 0 Å². The van der Waals surface area contributed by atoms with Gasteiger partial charge in [0.25, 0.3) is 0 Å². The number of para-hydroxylation sites is 1. The van der Waals surface area contributed by atoms with Gasteiger partial charge in [0.15, 0.2) is 0 Å². The molecule has 6 heteroatoms. The number of carboxylic acids is 1. The standard InChI is InChI=1S/C14H16N2O4/c1-3-19-8-9(2)20-13-10-6-4-5-7-11(10)15-12(16-13)14(17)18/h4-7,9H,3,8H2,1-2H3,(H,17,18). The first-order valence-electron chi connectivity index (χ1n) is 6.36. The highest BCUT2D eigenvalue weighted by molar-refractivity contribution is 5.89. The van der Waals surface area contributed by atoms with Crippen molar-refractivity contribution >= 4 is 16.9 Å². The van der Waals surface area contributed by atoms with Gasteiger partial charge < -0.3 is 14.6 Å². The van der Waals surface area contributed by atoms with E-state index in [2.05, 4.69) is 9.97 Å². The molecule has 1 aromatic carbocycles. The molecule has 0 fully saturated rings. The Labute approximate surface area is 116 Å². The first-order chi connectivity index (χ1) is 9.61. The van der Waals surface area contributed by atoms with Gasteiger partial charge >= 0.3 is 5.97 Å². The summed E-state index contributed by atoms with van der Waals surface area (Å²) >= 11 is 0. The number of benzene rings is 1. The molecule has 2 aromatic rings. The molecule has 6 nitrogen and oxygen atoms in total. The Kier molecular flexibility index (Phi) is 4.47. The van der Waals surface area contributed by atoms with E-state index in [0.29, 0.717) is 24.1 Å². The highest BCUT2D eigenvalue weighted by atomic mass is 16.5. The van der Waals surface area contributed by atoms with Gasteiger partial charge in [0.05, 0.1) is 17.5 Å². The molecule has 2 rings (SSSR count). The summed E-state index contributed by atoms with van der Waals surface area (Å²) in [6.45, 7) is 4.75. The third-order valence-electron chi connectivity index (χ3n) is 2.63. The van der Waals surface area contributed by atoms with Crippen LogP contribution >= 0.6 is 0 Å². The third kappa shape index (κ3) is 3.21. The molecule has 1 heterocycles. The van der Waals surface area contributed by atoms with Crippen molar-refractivity contribution in [3.05, 3.63) is 30.1 Å². The van der Waals surface area contributed by atoms with E-state index in [1.165, 1.54) is 0 Å². The first-order valence-corrected chi connectivity index (χ1v) is 6.36. The smallest absolute Gasteiger partial charge is 0.374 e. The summed E-state index contributed by atoms with van der Waals surface area (Å²) in [5.41, 5.74) is 0.540. The van der Waals surface area contributed by atoms with Gasteiger partial charge in [0, 0.05) is 6.61 Å². The maximum atomic E-state index is 11.0. The van der Waals surface area contributed by atoms with E-state index in [9.17, 15) is 4.79 Å². The lowest BCUT2D eigenvalue weighted by Crippen LogP contribution is -2.20. The SMILES string of the molecule is CCOCC(C)Oc1nc(C(=O)O)nc2ccccc12. The molecular weight excluding hydrogens is 260 g/mol. The molecule has 0 aliphatic rings. The average molecular weight is 276 g/mol. The minimum atomic E-state index is -1.18. The third-order valence-corrected chi connectivity index (χ3v) is 2.63. The van der Waals surface area contributed by atoms with Crippen molar-refractivity contribution in [2.75, 3.05) is 13.2 Å². The Hall–Kier alpha value is -2.21. The van der Waals surface area contributed by atoms with E-state index < -0.39 is 5.97 Å². The maximum Gasteiger partial charge on any atom is 0.374 e. The fourth-order valence-corrected chi connectivity index (χ4v) is 1.74. The number of nitrogens with zero attached hydrogens (tertiary/aromatic N) is 2. The molecule has 0 amide bonds. The fraction of sp³-hybridized carbons (Fsp3) is 0.357. The molecule has 1 unspecified atom stereocenters. The Morgan fingerprint density at radius 1 is 1.35 bits per heavy atom. The van der Waals surface area contributed by atoms with Gasteiger partial charge in [-0.1, -0.05) is 12.1 Å². The second-order valence-electron chi connectivity index (χ2n) is 4.26. The Bertz CT molecular complexity index is 615. The lowest BCUT2D eigenvalue weighted by Gasteiger charge is -2.15. The van der Waals surface area contributed by atoms with Crippen molar-refractivity contribution in [2.45, 2.75) is 20.0 Å². The van der Waals surface area contributed by atoms with Crippen LogP contribution in [0.25, 0.3) is 10.9 Å². The second-order valence-corrected chi connectivity index (χ2v) is 4.26. The summed E-state index contributed by atoms with van der Waals surface area (Å²) in [7, 11) is 0. The summed E-state index contributed by atoms with van der Waals surface area (Å²) in [6.07, 6.45) is -0.227. The van der Waals surface area contributed by atoms with Crippen molar-refractivity contribution in [3.63, 3.8) is 0 Å². The van der Waals surface area contributed by atoms with Crippen LogP contribution < -0.4 is 4.74 Å². The summed E-state index contributed by atoms with van der Waals surface area (Å²) in [6, 6.07) is 7.13. The molecule has 1 N–H and O–H groups in total. The maximum absolute atomic E-state index is 11.0. The zero-order valence-corrected chi connectivity index (χ0v) is 11.4. The van der Waals surface area contributed by atoms with Gasteiger partial charge in [-0.05, 0) is 26.0 Å². The summed E-state index contributed by atoms with van der Waals surface area (Å²) in [5.74, 6) is -1.19. The number of carbonyl (C=O) groups is 1. The molecule has 0 aliphatic carbocycles. The minimum absolute atomic E-state index is 0.227. The summed E-state index contributed by atoms with van der Waals surface area (Å²) in [4.78, 5) is 19.0. The number of carboxylic acid groups (broad SMARTS) is 1. The van der Waals surface area contributed by atoms with Crippen molar-refractivity contribution in [1.82, 2.24) is 9.97 Å². The molecule has 0 aliphatic heterocycles. The number of ether oxygens (including phenoxy) is 2. The van der Waals surface area contributed by atoms with Crippen LogP contribution in [0.2, 0.25) is 0 Å². The molecule has 0 spiro atoms. The topological polar surface area (TPSA) is 81.5 Å². The van der Waals surface area contributed by atoms with Gasteiger partial charge in [-0.25, -0.2) is 9.78 Å². The quantitative estimate of drug-likeness (QED) is 0.870. The van der Waals surface area contributed by atoms with Crippen LogP contribution in [0.1, 0.15) is 24.5 Å². The fourth-order valence-electron chi connectivity index (χ4n) is 1.74. The molecular formula is C14H16N2O4. The Morgan fingerprint density at radius 3 is 2.80 bits per heavy atom. The van der Waals surface area contributed by atoms with Crippen molar-refractivity contribution in [3.8, 4) is 5.88 Å². The molecule has 106 valence electrons. The molecule has 0 saturated carbocycles. The number of aromatic nitrogens is 2. The highest BCUT2D eigenvalue weighted by Crippen LogP contribution is 2.23. The van der Waals surface area contributed by atoms with Crippen LogP contribution in [-0.4, -0.2) is 40.4 Å². The number of hydrogen-bond acceptors (Lipinski definition) is 5. The molecule has 0 radical (unpaired) electrons. The summed E-state index contributed by atoms with van der Waals surface area (Å²) < 4.78 is 11.0. The van der Waals surface area contributed by atoms with Crippen LogP contribution in [-0.2, 0) is 4.74 Å². The average Bonchev–Trinajstić information content (AvgIpc) is 2.44. The van der Waals surface area contributed by atoms with Gasteiger partial charge in [-0.2, -0.15) is 4.98 Å². The lowest BCUT2D eigenvalue weighted by molar-refractivity contribution is 0.0624. The van der Waals surface area contributed by atoms with Crippen LogP contribution in [0.15, 0.2) is 24.3 Å². The van der Waals surface area contributed by atoms with Gasteiger partial charge in [-0.15, -0.1) is 0 Å². The molecule has 0 saturated heterocycles. The summed E-state index contributed by atoms with van der Waals surface area (Å²) in [5, 5.41) is 9.72. The van der Waals surface area contributed by atoms with E-state index in [1.54, 1.807) is 18.2 Å². The zero-order chi connectivity index (χ0) is 14.5. The van der Waals surface area contributed by atoms with E-state index >= 15 is 0 Å². The molecule has 1 atom stereocenters. The number of hydrogen-bond donors (Lipinski definition) is 1. The highest BCUT2D eigenvalue weighted by Gasteiger charge is 2.15. The van der Waals surface area contributed by atoms with Crippen molar-refractivity contribution in [1.29, 1.82) is 0 Å². The minimum Gasteiger partial charge on any atom is -0.475 e. The zero-order valence-electron chi connectivity index (χ0n) is 11.4. The molecule has 0 bridgehead atoms. The van der Waals surface area contributed by atoms with E-state index in [4.69, 9.17) is 14.6 Å². The predicted molar refractivity (Wildman–Crippen MR) is 73.1 cm³/mol. The van der Waals surface area contributed by atoms with Gasteiger partial charge in [0.1, 0.15) is 6.10 Å². The molecule has 1 aromatic heterocycles. The number of rotatable bonds is 6.